The van der Waals surface area contributed by atoms with Crippen molar-refractivity contribution in [2.75, 3.05) is 23.5 Å². The molecule has 1 atom stereocenters. The van der Waals surface area contributed by atoms with Gasteiger partial charge in [-0.3, -0.25) is 4.79 Å². The lowest BCUT2D eigenvalue weighted by atomic mass is 9.94. The fourth-order valence-electron chi connectivity index (χ4n) is 4.48. The number of thioether (sulfide) groups is 1. The van der Waals surface area contributed by atoms with Gasteiger partial charge in [-0.25, -0.2) is 4.68 Å². The van der Waals surface area contributed by atoms with Crippen molar-refractivity contribution in [3.8, 4) is 11.5 Å². The van der Waals surface area contributed by atoms with Gasteiger partial charge in [0.1, 0.15) is 24.1 Å². The first-order valence-electron chi connectivity index (χ1n) is 13.0. The van der Waals surface area contributed by atoms with Crippen LogP contribution in [0, 0.1) is 0 Å². The van der Waals surface area contributed by atoms with Gasteiger partial charge in [0.2, 0.25) is 11.1 Å². The quantitative estimate of drug-likeness (QED) is 0.198. The maximum atomic E-state index is 14.0. The van der Waals surface area contributed by atoms with Crippen LogP contribution in [0.15, 0.2) is 89.2 Å². The molecule has 10 heteroatoms. The summed E-state index contributed by atoms with van der Waals surface area (Å²) in [5.41, 5.74) is 3.52. The molecule has 0 spiro atoms. The van der Waals surface area contributed by atoms with Crippen molar-refractivity contribution in [1.82, 2.24) is 14.8 Å². The number of ether oxygens (including phenoxy) is 2. The maximum Gasteiger partial charge on any atom is 0.255 e. The number of carbonyl (C=O) groups is 1. The average Bonchev–Trinajstić information content (AvgIpc) is 3.37. The zero-order chi connectivity index (χ0) is 28.1. The monoisotopic (exact) mass is 575 g/mol. The summed E-state index contributed by atoms with van der Waals surface area (Å²) in [4.78, 5) is 18.7. The second-order valence-corrected chi connectivity index (χ2v) is 10.7. The van der Waals surface area contributed by atoms with E-state index in [4.69, 9.17) is 31.2 Å². The minimum Gasteiger partial charge on any atom is -0.495 e. The van der Waals surface area contributed by atoms with E-state index in [0.717, 1.165) is 23.3 Å². The number of benzene rings is 3. The molecule has 5 rings (SSSR count). The molecule has 0 saturated heterocycles. The van der Waals surface area contributed by atoms with E-state index < -0.39 is 6.04 Å². The molecule has 1 aromatic heterocycles. The number of nitrogens with one attached hydrogen (secondary N) is 2. The fourth-order valence-corrected chi connectivity index (χ4v) is 5.29. The first kappa shape index (κ1) is 27.6. The number of carbonyl (C=O) groups excluding carboxylic acids is 1. The number of allylic oxidation sites excluding steroid dienone is 1. The SMILES string of the molecule is CCCSc1nc2n(n1)C(c1ccccc1OCc1ccc(Cl)cc1)C(C(=O)Nc1ccccc1OC)=C(C)N2. The summed E-state index contributed by atoms with van der Waals surface area (Å²) in [5.74, 6) is 2.39. The molecule has 0 aliphatic carbocycles. The molecule has 0 saturated carbocycles. The predicted octanol–water partition coefficient (Wildman–Crippen LogP) is 6.95. The molecule has 2 N–H and O–H groups in total. The molecule has 8 nitrogen and oxygen atoms in total. The Morgan fingerprint density at radius 1 is 1.07 bits per heavy atom. The third-order valence-electron chi connectivity index (χ3n) is 6.39. The molecule has 2 heterocycles. The highest BCUT2D eigenvalue weighted by atomic mass is 35.5. The third kappa shape index (κ3) is 5.95. The summed E-state index contributed by atoms with van der Waals surface area (Å²) in [6.45, 7) is 4.33. The normalized spacial score (nSPS) is 14.3. The number of nitrogens with zero attached hydrogens (tertiary/aromatic N) is 3. The second kappa shape index (κ2) is 12.5. The van der Waals surface area contributed by atoms with Crippen LogP contribution in [0.2, 0.25) is 5.02 Å². The molecule has 0 bridgehead atoms. The second-order valence-electron chi connectivity index (χ2n) is 9.18. The summed E-state index contributed by atoms with van der Waals surface area (Å²) >= 11 is 7.64. The van der Waals surface area contributed by atoms with E-state index in [1.54, 1.807) is 35.7 Å². The molecular weight excluding hydrogens is 546 g/mol. The lowest BCUT2D eigenvalue weighted by Gasteiger charge is -2.29. The number of fused-ring (bicyclic) bond motifs is 1. The van der Waals surface area contributed by atoms with E-state index in [-0.39, 0.29) is 5.91 Å². The molecule has 1 aliphatic rings. The number of rotatable bonds is 10. The fraction of sp³-hybridized carbons (Fsp3) is 0.233. The Hall–Kier alpha value is -3.95. The number of hydrogen-bond acceptors (Lipinski definition) is 7. The Bertz CT molecular complexity index is 1540. The van der Waals surface area contributed by atoms with Gasteiger partial charge in [0.15, 0.2) is 0 Å². The first-order chi connectivity index (χ1) is 19.5. The van der Waals surface area contributed by atoms with Gasteiger partial charge in [-0.2, -0.15) is 4.98 Å². The van der Waals surface area contributed by atoms with Crippen molar-refractivity contribution < 1.29 is 14.3 Å². The zero-order valence-electron chi connectivity index (χ0n) is 22.5. The first-order valence-corrected chi connectivity index (χ1v) is 14.3. The van der Waals surface area contributed by atoms with E-state index in [9.17, 15) is 4.79 Å². The molecular formula is C30H30ClN5O3S. The predicted molar refractivity (Wildman–Crippen MR) is 159 cm³/mol. The third-order valence-corrected chi connectivity index (χ3v) is 7.68. The van der Waals surface area contributed by atoms with Gasteiger partial charge in [0, 0.05) is 22.0 Å². The number of halogens is 1. The van der Waals surface area contributed by atoms with Crippen molar-refractivity contribution in [3.63, 3.8) is 0 Å². The van der Waals surface area contributed by atoms with E-state index in [1.165, 1.54) is 0 Å². The molecule has 0 fully saturated rings. The standard InChI is InChI=1S/C30H30ClN5O3S/c1-4-17-40-30-34-29-32-19(2)26(28(37)33-23-10-6-8-12-25(23)38-3)27(36(29)35-30)22-9-5-7-11-24(22)39-18-20-13-15-21(31)16-14-20/h5-16,27H,4,17-18H2,1-3H3,(H,33,37)(H,32,34,35). The van der Waals surface area contributed by atoms with Gasteiger partial charge in [-0.1, -0.05) is 72.8 Å². The van der Waals surface area contributed by atoms with E-state index in [2.05, 4.69) is 17.6 Å². The minimum atomic E-state index is -0.587. The largest absolute Gasteiger partial charge is 0.495 e. The zero-order valence-corrected chi connectivity index (χ0v) is 24.1. The highest BCUT2D eigenvalue weighted by molar-refractivity contribution is 7.99. The van der Waals surface area contributed by atoms with E-state index in [1.807, 2.05) is 67.6 Å². The number of hydrogen-bond donors (Lipinski definition) is 2. The molecule has 1 aliphatic heterocycles. The summed E-state index contributed by atoms with van der Waals surface area (Å²) in [6, 6.07) is 22.0. The van der Waals surface area contributed by atoms with Crippen LogP contribution >= 0.6 is 23.4 Å². The Kier molecular flexibility index (Phi) is 8.62. The van der Waals surface area contributed by atoms with Crippen molar-refractivity contribution in [2.24, 2.45) is 0 Å². The van der Waals surface area contributed by atoms with Gasteiger partial charge in [-0.05, 0) is 49.2 Å². The van der Waals surface area contributed by atoms with Gasteiger partial charge >= 0.3 is 0 Å². The van der Waals surface area contributed by atoms with Gasteiger partial charge in [-0.15, -0.1) is 5.10 Å². The van der Waals surface area contributed by atoms with Crippen molar-refractivity contribution in [1.29, 1.82) is 0 Å². The molecule has 0 radical (unpaired) electrons. The molecule has 40 heavy (non-hydrogen) atoms. The van der Waals surface area contributed by atoms with Crippen molar-refractivity contribution in [2.45, 2.75) is 38.1 Å². The van der Waals surface area contributed by atoms with Crippen molar-refractivity contribution >= 4 is 40.9 Å². The van der Waals surface area contributed by atoms with Gasteiger partial charge in [0.05, 0.1) is 18.4 Å². The highest BCUT2D eigenvalue weighted by Gasteiger charge is 2.36. The van der Waals surface area contributed by atoms with Crippen LogP contribution in [0.25, 0.3) is 0 Å². The Morgan fingerprint density at radius 2 is 1.80 bits per heavy atom. The summed E-state index contributed by atoms with van der Waals surface area (Å²) in [7, 11) is 1.58. The lowest BCUT2D eigenvalue weighted by Crippen LogP contribution is -2.31. The molecule has 1 unspecified atom stereocenters. The minimum absolute atomic E-state index is 0.282. The molecule has 4 aromatic rings. The summed E-state index contributed by atoms with van der Waals surface area (Å²) in [5, 5.41) is 12.5. The number of aromatic nitrogens is 3. The van der Waals surface area contributed by atoms with Gasteiger partial charge < -0.3 is 20.1 Å². The van der Waals surface area contributed by atoms with Crippen LogP contribution in [0.4, 0.5) is 11.6 Å². The van der Waals surface area contributed by atoms with Crippen LogP contribution in [-0.2, 0) is 11.4 Å². The van der Waals surface area contributed by atoms with Crippen LogP contribution in [-0.4, -0.2) is 33.5 Å². The molecule has 1 amide bonds. The Balaban J connectivity index is 1.55. The number of para-hydroxylation sites is 3. The van der Waals surface area contributed by atoms with Crippen LogP contribution in [0.1, 0.15) is 37.4 Å². The van der Waals surface area contributed by atoms with Crippen LogP contribution in [0.5, 0.6) is 11.5 Å². The lowest BCUT2D eigenvalue weighted by molar-refractivity contribution is -0.113. The summed E-state index contributed by atoms with van der Waals surface area (Å²) in [6.07, 6.45) is 0.997. The number of methoxy groups -OCH3 is 1. The average molecular weight is 576 g/mol. The Morgan fingerprint density at radius 3 is 2.55 bits per heavy atom. The number of amides is 1. The van der Waals surface area contributed by atoms with Crippen molar-refractivity contribution in [3.05, 3.63) is 100 Å². The van der Waals surface area contributed by atoms with E-state index >= 15 is 0 Å². The number of anilines is 2. The highest BCUT2D eigenvalue weighted by Crippen LogP contribution is 2.40. The Labute approximate surface area is 242 Å². The maximum absolute atomic E-state index is 14.0. The van der Waals surface area contributed by atoms with E-state index in [0.29, 0.717) is 51.2 Å². The molecule has 206 valence electrons. The smallest absolute Gasteiger partial charge is 0.255 e. The van der Waals surface area contributed by atoms with Crippen LogP contribution in [0.3, 0.4) is 0 Å². The topological polar surface area (TPSA) is 90.3 Å². The van der Waals surface area contributed by atoms with Crippen LogP contribution < -0.4 is 20.1 Å². The van der Waals surface area contributed by atoms with Gasteiger partial charge in [0.25, 0.3) is 5.91 Å². The molecule has 3 aromatic carbocycles. The summed E-state index contributed by atoms with van der Waals surface area (Å²) < 4.78 is 13.6.